The second-order valence-electron chi connectivity index (χ2n) is 8.22. The van der Waals surface area contributed by atoms with Crippen LogP contribution < -0.4 is 10.1 Å². The predicted octanol–water partition coefficient (Wildman–Crippen LogP) is 5.41. The number of ether oxygens (including phenoxy) is 1. The number of carbonyl (C=O) groups excluding carboxylic acids is 1. The van der Waals surface area contributed by atoms with E-state index in [1.54, 1.807) is 13.3 Å². The van der Waals surface area contributed by atoms with Gasteiger partial charge in [0.25, 0.3) is 0 Å². The van der Waals surface area contributed by atoms with E-state index in [1.165, 1.54) is 24.1 Å². The fourth-order valence-electron chi connectivity index (χ4n) is 4.37. The van der Waals surface area contributed by atoms with Gasteiger partial charge in [-0.3, -0.25) is 4.79 Å². The number of thiophene rings is 1. The average Bonchev–Trinajstić information content (AvgIpc) is 3.44. The first-order valence-electron chi connectivity index (χ1n) is 10.9. The number of hydrogen-bond acceptors (Lipinski definition) is 6. The fourth-order valence-corrected chi connectivity index (χ4v) is 5.16. The number of methoxy groups -OCH3 is 1. The normalized spacial score (nSPS) is 19.8. The number of nitrogens with zero attached hydrogens (tertiary/aromatic N) is 2. The van der Waals surface area contributed by atoms with E-state index in [0.29, 0.717) is 28.2 Å². The van der Waals surface area contributed by atoms with Crippen molar-refractivity contribution in [2.75, 3.05) is 12.4 Å². The summed E-state index contributed by atoms with van der Waals surface area (Å²) in [5.41, 5.74) is 2.12. The summed E-state index contributed by atoms with van der Waals surface area (Å²) in [5, 5.41) is 5.41. The molecule has 0 aliphatic heterocycles. The molecule has 3 atom stereocenters. The molecule has 4 rings (SSSR count). The summed E-state index contributed by atoms with van der Waals surface area (Å²) in [7, 11) is 1.63. The van der Waals surface area contributed by atoms with Crippen molar-refractivity contribution in [1.29, 1.82) is 0 Å². The molecule has 0 amide bonds. The van der Waals surface area contributed by atoms with Crippen LogP contribution in [0, 0.1) is 23.7 Å². The lowest BCUT2D eigenvalue weighted by atomic mass is 9.96. The number of hydrogen-bond donors (Lipinski definition) is 1. The van der Waals surface area contributed by atoms with Gasteiger partial charge in [-0.25, -0.2) is 9.97 Å². The largest absolute Gasteiger partial charge is 0.495 e. The van der Waals surface area contributed by atoms with Gasteiger partial charge in [-0.1, -0.05) is 44.2 Å². The Morgan fingerprint density at radius 2 is 2.12 bits per heavy atom. The van der Waals surface area contributed by atoms with Gasteiger partial charge in [0.1, 0.15) is 17.9 Å². The number of nitrogens with one attached hydrogen (secondary N) is 1. The van der Waals surface area contributed by atoms with E-state index < -0.39 is 0 Å². The van der Waals surface area contributed by atoms with Gasteiger partial charge in [-0.05, 0) is 42.9 Å². The quantitative estimate of drug-likeness (QED) is 0.406. The van der Waals surface area contributed by atoms with Crippen LogP contribution in [-0.2, 0) is 0 Å². The standard InChI is InChI=1S/C26H27N3O2S/c1-4-19-13-21(11-17(19)2)29-26-22(14-27-16-28-26)25(30)24-12-18(15-32-24)9-10-20-7-5-6-8-23(20)31-3/h5-8,12,14-17,19,21H,4,11,13H2,1-3H3,(H,27,28,29)/t17-,19-,21-/m0/s1. The third-order valence-corrected chi connectivity index (χ3v) is 7.07. The highest BCUT2D eigenvalue weighted by atomic mass is 32.1. The first kappa shape index (κ1) is 22.0. The summed E-state index contributed by atoms with van der Waals surface area (Å²) in [5.74, 6) is 8.93. The van der Waals surface area contributed by atoms with Crippen LogP contribution in [-0.4, -0.2) is 28.9 Å². The Kier molecular flexibility index (Phi) is 6.87. The summed E-state index contributed by atoms with van der Waals surface area (Å²) in [4.78, 5) is 22.4. The molecule has 5 nitrogen and oxygen atoms in total. The van der Waals surface area contributed by atoms with Gasteiger partial charge in [0.15, 0.2) is 0 Å². The molecule has 3 aromatic rings. The van der Waals surface area contributed by atoms with Crippen molar-refractivity contribution in [2.45, 2.75) is 39.2 Å². The first-order valence-corrected chi connectivity index (χ1v) is 11.8. The van der Waals surface area contributed by atoms with E-state index in [9.17, 15) is 4.79 Å². The molecule has 1 aliphatic rings. The van der Waals surface area contributed by atoms with E-state index in [0.717, 1.165) is 35.6 Å². The topological polar surface area (TPSA) is 64.1 Å². The molecule has 0 radical (unpaired) electrons. The Hall–Kier alpha value is -3.17. The Balaban J connectivity index is 1.52. The number of rotatable bonds is 6. The average molecular weight is 446 g/mol. The molecule has 164 valence electrons. The highest BCUT2D eigenvalue weighted by molar-refractivity contribution is 7.12. The maximum absolute atomic E-state index is 13.2. The molecule has 0 bridgehead atoms. The lowest BCUT2D eigenvalue weighted by Crippen LogP contribution is -2.19. The van der Waals surface area contributed by atoms with Crippen molar-refractivity contribution in [3.8, 4) is 17.6 Å². The molecule has 2 heterocycles. The van der Waals surface area contributed by atoms with Crippen LogP contribution in [0.2, 0.25) is 0 Å². The van der Waals surface area contributed by atoms with Crippen LogP contribution in [0.3, 0.4) is 0 Å². The number of benzene rings is 1. The predicted molar refractivity (Wildman–Crippen MR) is 128 cm³/mol. The minimum Gasteiger partial charge on any atom is -0.495 e. The zero-order valence-electron chi connectivity index (χ0n) is 18.6. The molecular formula is C26H27N3O2S. The minimum absolute atomic E-state index is 0.0819. The molecule has 1 saturated carbocycles. The van der Waals surface area contributed by atoms with E-state index in [1.807, 2.05) is 35.7 Å². The molecule has 6 heteroatoms. The van der Waals surface area contributed by atoms with Crippen LogP contribution in [0.5, 0.6) is 5.75 Å². The number of ketones is 1. The Morgan fingerprint density at radius 3 is 2.91 bits per heavy atom. The van der Waals surface area contributed by atoms with E-state index in [2.05, 4.69) is 41.0 Å². The first-order chi connectivity index (χ1) is 15.6. The lowest BCUT2D eigenvalue weighted by Gasteiger charge is -2.15. The monoisotopic (exact) mass is 445 g/mol. The number of carbonyl (C=O) groups is 1. The maximum atomic E-state index is 13.2. The molecule has 0 unspecified atom stereocenters. The van der Waals surface area contributed by atoms with Gasteiger partial charge in [0, 0.05) is 23.2 Å². The number of aromatic nitrogens is 2. The second-order valence-corrected chi connectivity index (χ2v) is 9.13. The second kappa shape index (κ2) is 9.97. The molecule has 32 heavy (non-hydrogen) atoms. The lowest BCUT2D eigenvalue weighted by molar-refractivity contribution is 0.104. The summed E-state index contributed by atoms with van der Waals surface area (Å²) in [6.45, 7) is 4.55. The van der Waals surface area contributed by atoms with Gasteiger partial charge in [-0.2, -0.15) is 0 Å². The molecule has 1 aliphatic carbocycles. The Labute approximate surface area is 193 Å². The van der Waals surface area contributed by atoms with Crippen LogP contribution in [0.25, 0.3) is 0 Å². The third kappa shape index (κ3) is 4.84. The molecule has 0 spiro atoms. The van der Waals surface area contributed by atoms with Crippen molar-refractivity contribution in [2.24, 2.45) is 11.8 Å². The van der Waals surface area contributed by atoms with Crippen LogP contribution in [0.1, 0.15) is 59.5 Å². The van der Waals surface area contributed by atoms with Crippen molar-refractivity contribution in [3.63, 3.8) is 0 Å². The maximum Gasteiger partial charge on any atom is 0.208 e. The van der Waals surface area contributed by atoms with Gasteiger partial charge in [-0.15, -0.1) is 11.3 Å². The van der Waals surface area contributed by atoms with Crippen molar-refractivity contribution >= 4 is 22.9 Å². The zero-order valence-corrected chi connectivity index (χ0v) is 19.4. The van der Waals surface area contributed by atoms with Crippen molar-refractivity contribution < 1.29 is 9.53 Å². The molecule has 1 aromatic carbocycles. The molecule has 2 aromatic heterocycles. The summed E-state index contributed by atoms with van der Waals surface area (Å²) in [6, 6.07) is 9.79. The van der Waals surface area contributed by atoms with Crippen molar-refractivity contribution in [1.82, 2.24) is 9.97 Å². The smallest absolute Gasteiger partial charge is 0.208 e. The van der Waals surface area contributed by atoms with Crippen LogP contribution in [0.4, 0.5) is 5.82 Å². The minimum atomic E-state index is -0.0819. The summed E-state index contributed by atoms with van der Waals surface area (Å²) >= 11 is 1.39. The molecule has 1 fully saturated rings. The zero-order chi connectivity index (χ0) is 22.5. The highest BCUT2D eigenvalue weighted by Crippen LogP contribution is 2.35. The Bertz CT molecular complexity index is 1160. The van der Waals surface area contributed by atoms with Crippen molar-refractivity contribution in [3.05, 3.63) is 69.8 Å². The van der Waals surface area contributed by atoms with Gasteiger partial charge >= 0.3 is 0 Å². The van der Waals surface area contributed by atoms with E-state index >= 15 is 0 Å². The number of para-hydroxylation sites is 1. The van der Waals surface area contributed by atoms with Gasteiger partial charge in [0.2, 0.25) is 5.78 Å². The fraction of sp³-hybridized carbons (Fsp3) is 0.346. The van der Waals surface area contributed by atoms with Gasteiger partial charge < -0.3 is 10.1 Å². The highest BCUT2D eigenvalue weighted by Gasteiger charge is 2.31. The summed E-state index contributed by atoms with van der Waals surface area (Å²) in [6.07, 6.45) is 6.48. The summed E-state index contributed by atoms with van der Waals surface area (Å²) < 4.78 is 5.35. The van der Waals surface area contributed by atoms with Crippen LogP contribution in [0.15, 0.2) is 48.2 Å². The third-order valence-electron chi connectivity index (χ3n) is 6.14. The van der Waals surface area contributed by atoms with Crippen LogP contribution >= 0.6 is 11.3 Å². The Morgan fingerprint density at radius 1 is 1.28 bits per heavy atom. The van der Waals surface area contributed by atoms with E-state index in [4.69, 9.17) is 4.74 Å². The molecule has 1 N–H and O–H groups in total. The molecular weight excluding hydrogens is 418 g/mol. The SMILES string of the molecule is CC[C@H]1C[C@@H](Nc2ncncc2C(=O)c2cc(C#Cc3ccccc3OC)cs2)C[C@@H]1C. The molecule has 0 saturated heterocycles. The van der Waals surface area contributed by atoms with Gasteiger partial charge in [0.05, 0.1) is 23.1 Å². The number of anilines is 1. The van der Waals surface area contributed by atoms with E-state index in [-0.39, 0.29) is 5.78 Å².